The first-order valence-corrected chi connectivity index (χ1v) is 7.10. The summed E-state index contributed by atoms with van der Waals surface area (Å²) in [7, 11) is 3.23. The number of rotatable bonds is 5. The monoisotopic (exact) mass is 311 g/mol. The van der Waals surface area contributed by atoms with Gasteiger partial charge in [-0.25, -0.2) is 4.68 Å². The van der Waals surface area contributed by atoms with E-state index in [2.05, 4.69) is 10.3 Å². The van der Waals surface area contributed by atoms with Gasteiger partial charge in [0.15, 0.2) is 11.5 Å². The molecule has 0 spiro atoms. The van der Waals surface area contributed by atoms with Crippen LogP contribution in [-0.4, -0.2) is 34.3 Å². The van der Waals surface area contributed by atoms with E-state index >= 15 is 0 Å². The number of ether oxygens (including phenoxy) is 2. The van der Waals surface area contributed by atoms with Crippen LogP contribution in [0.3, 0.4) is 0 Å². The lowest BCUT2D eigenvalue weighted by molar-refractivity contribution is 0.350. The van der Waals surface area contributed by atoms with Crippen LogP contribution in [0.5, 0.6) is 17.2 Å². The number of phenols is 1. The molecule has 23 heavy (non-hydrogen) atoms. The maximum atomic E-state index is 9.34. The van der Waals surface area contributed by atoms with Crippen molar-refractivity contribution < 1.29 is 14.6 Å². The lowest BCUT2D eigenvalue weighted by Crippen LogP contribution is -2.03. The van der Waals surface area contributed by atoms with Gasteiger partial charge < -0.3 is 14.6 Å². The second kappa shape index (κ2) is 6.39. The quantitative estimate of drug-likeness (QED) is 0.784. The van der Waals surface area contributed by atoms with E-state index in [1.54, 1.807) is 43.2 Å². The standard InChI is InChI=1S/C17H17N3O3/c1-22-16-5-3-4-13(17(16)23-2)10-20-11-15(18-19-20)12-6-8-14(21)9-7-12/h3-9,11,21H,10H2,1-2H3. The first kappa shape index (κ1) is 14.9. The second-order valence-corrected chi connectivity index (χ2v) is 5.00. The number of benzene rings is 2. The summed E-state index contributed by atoms with van der Waals surface area (Å²) in [5, 5.41) is 17.7. The Labute approximate surface area is 133 Å². The van der Waals surface area contributed by atoms with Crippen LogP contribution in [0.4, 0.5) is 0 Å². The molecule has 0 fully saturated rings. The van der Waals surface area contributed by atoms with E-state index in [0.717, 1.165) is 16.8 Å². The SMILES string of the molecule is COc1cccc(Cn2cc(-c3ccc(O)cc3)nn2)c1OC. The van der Waals surface area contributed by atoms with Crippen LogP contribution < -0.4 is 9.47 Å². The highest BCUT2D eigenvalue weighted by Gasteiger charge is 2.11. The summed E-state index contributed by atoms with van der Waals surface area (Å²) >= 11 is 0. The predicted octanol–water partition coefficient (Wildman–Crippen LogP) is 2.72. The van der Waals surface area contributed by atoms with Gasteiger partial charge >= 0.3 is 0 Å². The van der Waals surface area contributed by atoms with Gasteiger partial charge in [0.1, 0.15) is 11.4 Å². The maximum Gasteiger partial charge on any atom is 0.165 e. The molecule has 0 radical (unpaired) electrons. The van der Waals surface area contributed by atoms with Crippen molar-refractivity contribution in [3.8, 4) is 28.5 Å². The average molecular weight is 311 g/mol. The normalized spacial score (nSPS) is 10.5. The molecular weight excluding hydrogens is 294 g/mol. The van der Waals surface area contributed by atoms with Crippen LogP contribution in [0.25, 0.3) is 11.3 Å². The zero-order valence-corrected chi connectivity index (χ0v) is 12.9. The first-order chi connectivity index (χ1) is 11.2. The molecule has 3 rings (SSSR count). The van der Waals surface area contributed by atoms with Gasteiger partial charge in [-0.15, -0.1) is 5.10 Å². The van der Waals surface area contributed by atoms with Crippen LogP contribution in [0, 0.1) is 0 Å². The highest BCUT2D eigenvalue weighted by Crippen LogP contribution is 2.31. The fraction of sp³-hybridized carbons (Fsp3) is 0.176. The Balaban J connectivity index is 1.86. The van der Waals surface area contributed by atoms with E-state index in [-0.39, 0.29) is 5.75 Å². The fourth-order valence-electron chi connectivity index (χ4n) is 2.39. The summed E-state index contributed by atoms with van der Waals surface area (Å²) in [6.45, 7) is 0.519. The molecule has 1 N–H and O–H groups in total. The summed E-state index contributed by atoms with van der Waals surface area (Å²) in [5.41, 5.74) is 2.59. The van der Waals surface area contributed by atoms with Gasteiger partial charge in [0, 0.05) is 11.1 Å². The van der Waals surface area contributed by atoms with Crippen molar-refractivity contribution in [1.82, 2.24) is 15.0 Å². The zero-order valence-electron chi connectivity index (χ0n) is 12.9. The number of methoxy groups -OCH3 is 2. The van der Waals surface area contributed by atoms with Crippen LogP contribution >= 0.6 is 0 Å². The molecule has 1 heterocycles. The van der Waals surface area contributed by atoms with Crippen LogP contribution in [-0.2, 0) is 6.54 Å². The third-order valence-electron chi connectivity index (χ3n) is 3.52. The van der Waals surface area contributed by atoms with E-state index < -0.39 is 0 Å². The van der Waals surface area contributed by atoms with Crippen molar-refractivity contribution in [3.63, 3.8) is 0 Å². The summed E-state index contributed by atoms with van der Waals surface area (Å²) in [5.74, 6) is 1.60. The number of nitrogens with zero attached hydrogens (tertiary/aromatic N) is 3. The van der Waals surface area contributed by atoms with Crippen molar-refractivity contribution in [2.24, 2.45) is 0 Å². The molecule has 0 bridgehead atoms. The number of phenolic OH excluding ortho intramolecular Hbond substituents is 1. The molecule has 0 saturated heterocycles. The summed E-state index contributed by atoms with van der Waals surface area (Å²) in [4.78, 5) is 0. The van der Waals surface area contributed by atoms with Gasteiger partial charge in [0.05, 0.1) is 27.0 Å². The number of aromatic nitrogens is 3. The minimum Gasteiger partial charge on any atom is -0.508 e. The van der Waals surface area contributed by atoms with Gasteiger partial charge in [-0.2, -0.15) is 0 Å². The molecule has 118 valence electrons. The minimum atomic E-state index is 0.224. The maximum absolute atomic E-state index is 9.34. The Morgan fingerprint density at radius 2 is 1.83 bits per heavy atom. The lowest BCUT2D eigenvalue weighted by Gasteiger charge is -2.12. The third-order valence-corrected chi connectivity index (χ3v) is 3.52. The molecule has 3 aromatic rings. The highest BCUT2D eigenvalue weighted by molar-refractivity contribution is 5.58. The van der Waals surface area contributed by atoms with Gasteiger partial charge in [-0.1, -0.05) is 17.3 Å². The van der Waals surface area contributed by atoms with Gasteiger partial charge in [0.2, 0.25) is 0 Å². The van der Waals surface area contributed by atoms with Gasteiger partial charge in [-0.05, 0) is 30.3 Å². The van der Waals surface area contributed by atoms with E-state index in [4.69, 9.17) is 9.47 Å². The molecule has 0 atom stereocenters. The smallest absolute Gasteiger partial charge is 0.165 e. The van der Waals surface area contributed by atoms with E-state index in [1.165, 1.54) is 0 Å². The van der Waals surface area contributed by atoms with Crippen LogP contribution in [0.2, 0.25) is 0 Å². The minimum absolute atomic E-state index is 0.224. The average Bonchev–Trinajstić information content (AvgIpc) is 3.03. The largest absolute Gasteiger partial charge is 0.508 e. The van der Waals surface area contributed by atoms with Crippen LogP contribution in [0.15, 0.2) is 48.7 Å². The zero-order chi connectivity index (χ0) is 16.2. The molecule has 0 amide bonds. The Kier molecular flexibility index (Phi) is 4.14. The molecule has 0 aliphatic carbocycles. The van der Waals surface area contributed by atoms with Crippen molar-refractivity contribution in [2.75, 3.05) is 14.2 Å². The first-order valence-electron chi connectivity index (χ1n) is 7.10. The van der Waals surface area contributed by atoms with Crippen molar-refractivity contribution >= 4 is 0 Å². The lowest BCUT2D eigenvalue weighted by atomic mass is 10.1. The van der Waals surface area contributed by atoms with Crippen molar-refractivity contribution in [3.05, 3.63) is 54.2 Å². The summed E-state index contributed by atoms with van der Waals surface area (Å²) < 4.78 is 12.5. The molecule has 0 unspecified atom stereocenters. The van der Waals surface area contributed by atoms with E-state index in [0.29, 0.717) is 18.0 Å². The Morgan fingerprint density at radius 3 is 2.52 bits per heavy atom. The highest BCUT2D eigenvalue weighted by atomic mass is 16.5. The van der Waals surface area contributed by atoms with Crippen molar-refractivity contribution in [1.29, 1.82) is 0 Å². The molecule has 6 nitrogen and oxygen atoms in total. The van der Waals surface area contributed by atoms with Crippen molar-refractivity contribution in [2.45, 2.75) is 6.54 Å². The summed E-state index contributed by atoms with van der Waals surface area (Å²) in [6, 6.07) is 12.6. The molecule has 0 aliphatic rings. The molecule has 2 aromatic carbocycles. The Bertz CT molecular complexity index is 797. The summed E-state index contributed by atoms with van der Waals surface area (Å²) in [6.07, 6.45) is 1.85. The molecular formula is C17H17N3O3. The Morgan fingerprint density at radius 1 is 1.04 bits per heavy atom. The van der Waals surface area contributed by atoms with Crippen LogP contribution in [0.1, 0.15) is 5.56 Å². The van der Waals surface area contributed by atoms with E-state index in [1.807, 2.05) is 24.4 Å². The second-order valence-electron chi connectivity index (χ2n) is 5.00. The molecule has 0 aliphatic heterocycles. The molecule has 1 aromatic heterocycles. The number of para-hydroxylation sites is 1. The number of hydrogen-bond donors (Lipinski definition) is 1. The topological polar surface area (TPSA) is 69.4 Å². The predicted molar refractivity (Wildman–Crippen MR) is 85.8 cm³/mol. The number of hydrogen-bond acceptors (Lipinski definition) is 5. The molecule has 6 heteroatoms. The Hall–Kier alpha value is -3.02. The number of aromatic hydroxyl groups is 1. The third kappa shape index (κ3) is 3.11. The molecule has 0 saturated carbocycles. The fourth-order valence-corrected chi connectivity index (χ4v) is 2.39. The van der Waals surface area contributed by atoms with Gasteiger partial charge in [-0.3, -0.25) is 0 Å². The van der Waals surface area contributed by atoms with Gasteiger partial charge in [0.25, 0.3) is 0 Å². The van der Waals surface area contributed by atoms with E-state index in [9.17, 15) is 5.11 Å².